The monoisotopic (exact) mass is 209 g/mol. The van der Waals surface area contributed by atoms with Gasteiger partial charge in [0.25, 0.3) is 0 Å². The summed E-state index contributed by atoms with van der Waals surface area (Å²) in [6.45, 7) is 5.11. The molecule has 0 aromatic rings. The van der Waals surface area contributed by atoms with Crippen LogP contribution in [0, 0.1) is 23.7 Å². The van der Waals surface area contributed by atoms with Crippen molar-refractivity contribution in [3.63, 3.8) is 0 Å². The van der Waals surface area contributed by atoms with Crippen LogP contribution in [0.4, 0.5) is 0 Å². The first-order valence-electron chi connectivity index (χ1n) is 6.42. The maximum absolute atomic E-state index is 11.7. The summed E-state index contributed by atoms with van der Waals surface area (Å²) in [6.07, 6.45) is 6.32. The zero-order valence-corrected chi connectivity index (χ0v) is 9.96. The molecule has 2 aliphatic carbocycles. The molecule has 2 nitrogen and oxygen atoms in total. The van der Waals surface area contributed by atoms with Crippen molar-refractivity contribution in [3.05, 3.63) is 0 Å². The summed E-state index contributed by atoms with van der Waals surface area (Å²) in [7, 11) is 0. The van der Waals surface area contributed by atoms with E-state index < -0.39 is 0 Å². The second-order valence-electron chi connectivity index (χ2n) is 5.84. The molecule has 2 aliphatic rings. The molecule has 2 saturated carbocycles. The predicted molar refractivity (Wildman–Crippen MR) is 61.4 cm³/mol. The maximum Gasteiger partial charge on any atom is 0.220 e. The van der Waals surface area contributed by atoms with Gasteiger partial charge in [0.15, 0.2) is 0 Å². The van der Waals surface area contributed by atoms with Crippen molar-refractivity contribution in [1.29, 1.82) is 0 Å². The first-order chi connectivity index (χ1) is 7.15. The fraction of sp³-hybridized carbons (Fsp3) is 0.923. The second kappa shape index (κ2) is 4.54. The lowest BCUT2D eigenvalue weighted by molar-refractivity contribution is -0.122. The largest absolute Gasteiger partial charge is 0.356 e. The van der Waals surface area contributed by atoms with Gasteiger partial charge in [-0.2, -0.15) is 0 Å². The zero-order chi connectivity index (χ0) is 10.8. The second-order valence-corrected chi connectivity index (χ2v) is 5.84. The smallest absolute Gasteiger partial charge is 0.220 e. The molecule has 0 saturated heterocycles. The summed E-state index contributed by atoms with van der Waals surface area (Å²) >= 11 is 0. The summed E-state index contributed by atoms with van der Waals surface area (Å²) in [4.78, 5) is 11.7. The van der Waals surface area contributed by atoms with Crippen LogP contribution in [0.2, 0.25) is 0 Å². The normalized spacial score (nSPS) is 33.7. The SMILES string of the molecule is CC(C)CNC(=O)CC1CC2CCC1C2. The molecule has 1 N–H and O–H groups in total. The molecule has 3 atom stereocenters. The van der Waals surface area contributed by atoms with E-state index in [1.807, 2.05) is 0 Å². The number of rotatable bonds is 4. The van der Waals surface area contributed by atoms with Crippen molar-refractivity contribution >= 4 is 5.91 Å². The molecule has 0 aromatic heterocycles. The number of fused-ring (bicyclic) bond motifs is 2. The topological polar surface area (TPSA) is 29.1 Å². The number of hydrogen-bond donors (Lipinski definition) is 1. The fourth-order valence-electron chi connectivity index (χ4n) is 3.25. The van der Waals surface area contributed by atoms with E-state index in [9.17, 15) is 4.79 Å². The molecule has 0 spiro atoms. The molecule has 15 heavy (non-hydrogen) atoms. The Balaban J connectivity index is 1.71. The lowest BCUT2D eigenvalue weighted by atomic mass is 9.86. The van der Waals surface area contributed by atoms with E-state index in [-0.39, 0.29) is 5.91 Å². The molecule has 3 unspecified atom stereocenters. The van der Waals surface area contributed by atoms with Crippen molar-refractivity contribution < 1.29 is 4.79 Å². The number of nitrogens with one attached hydrogen (secondary N) is 1. The van der Waals surface area contributed by atoms with Crippen molar-refractivity contribution in [3.8, 4) is 0 Å². The van der Waals surface area contributed by atoms with Gasteiger partial charge in [-0.15, -0.1) is 0 Å². The molecule has 2 bridgehead atoms. The van der Waals surface area contributed by atoms with E-state index in [1.54, 1.807) is 0 Å². The highest BCUT2D eigenvalue weighted by molar-refractivity contribution is 5.76. The van der Waals surface area contributed by atoms with Crippen LogP contribution in [-0.4, -0.2) is 12.5 Å². The molecule has 0 aliphatic heterocycles. The van der Waals surface area contributed by atoms with Gasteiger partial charge in [-0.3, -0.25) is 4.79 Å². The van der Waals surface area contributed by atoms with Crippen molar-refractivity contribution in [2.75, 3.05) is 6.54 Å². The average molecular weight is 209 g/mol. The third-order valence-corrected chi connectivity index (χ3v) is 4.04. The number of amides is 1. The van der Waals surface area contributed by atoms with Gasteiger partial charge in [0.05, 0.1) is 0 Å². The number of carbonyl (C=O) groups excluding carboxylic acids is 1. The average Bonchev–Trinajstić information content (AvgIpc) is 2.76. The Kier molecular flexibility index (Phi) is 3.32. The molecular formula is C13H23NO. The van der Waals surface area contributed by atoms with E-state index in [1.165, 1.54) is 25.7 Å². The molecule has 0 radical (unpaired) electrons. The van der Waals surface area contributed by atoms with E-state index in [2.05, 4.69) is 19.2 Å². The molecule has 0 aromatic carbocycles. The van der Waals surface area contributed by atoms with Gasteiger partial charge >= 0.3 is 0 Å². The van der Waals surface area contributed by atoms with Crippen molar-refractivity contribution in [2.45, 2.75) is 46.0 Å². The number of hydrogen-bond acceptors (Lipinski definition) is 1. The summed E-state index contributed by atoms with van der Waals surface area (Å²) < 4.78 is 0. The Morgan fingerprint density at radius 1 is 1.33 bits per heavy atom. The first kappa shape index (κ1) is 11.0. The Morgan fingerprint density at radius 3 is 2.67 bits per heavy atom. The molecule has 1 amide bonds. The van der Waals surface area contributed by atoms with Crippen molar-refractivity contribution in [1.82, 2.24) is 5.32 Å². The van der Waals surface area contributed by atoms with Crippen LogP contribution in [0.1, 0.15) is 46.0 Å². The standard InChI is InChI=1S/C13H23NO/c1-9(2)8-14-13(15)7-12-6-10-3-4-11(12)5-10/h9-12H,3-8H2,1-2H3,(H,14,15). The third kappa shape index (κ3) is 2.73. The van der Waals surface area contributed by atoms with E-state index >= 15 is 0 Å². The van der Waals surface area contributed by atoms with Gasteiger partial charge in [0.2, 0.25) is 5.91 Å². The van der Waals surface area contributed by atoms with Crippen molar-refractivity contribution in [2.24, 2.45) is 23.7 Å². The van der Waals surface area contributed by atoms with Crippen LogP contribution in [0.3, 0.4) is 0 Å². The van der Waals surface area contributed by atoms with Gasteiger partial charge in [-0.1, -0.05) is 20.3 Å². The Labute approximate surface area is 92.8 Å². The Hall–Kier alpha value is -0.530. The zero-order valence-electron chi connectivity index (χ0n) is 9.96. The lowest BCUT2D eigenvalue weighted by Crippen LogP contribution is -2.30. The van der Waals surface area contributed by atoms with Gasteiger partial charge in [0.1, 0.15) is 0 Å². The van der Waals surface area contributed by atoms with Crippen LogP contribution in [0.15, 0.2) is 0 Å². The minimum absolute atomic E-state index is 0.279. The molecule has 86 valence electrons. The summed E-state index contributed by atoms with van der Waals surface area (Å²) in [6, 6.07) is 0. The van der Waals surface area contributed by atoms with Gasteiger partial charge in [-0.25, -0.2) is 0 Å². The predicted octanol–water partition coefficient (Wildman–Crippen LogP) is 2.58. The highest BCUT2D eigenvalue weighted by Crippen LogP contribution is 2.49. The van der Waals surface area contributed by atoms with E-state index in [4.69, 9.17) is 0 Å². The Morgan fingerprint density at radius 2 is 2.13 bits per heavy atom. The van der Waals surface area contributed by atoms with E-state index in [0.717, 1.165) is 24.8 Å². The molecular weight excluding hydrogens is 186 g/mol. The molecule has 2 heteroatoms. The van der Waals surface area contributed by atoms with Gasteiger partial charge < -0.3 is 5.32 Å². The maximum atomic E-state index is 11.7. The van der Waals surface area contributed by atoms with Crippen LogP contribution >= 0.6 is 0 Å². The fourth-order valence-corrected chi connectivity index (χ4v) is 3.25. The summed E-state index contributed by atoms with van der Waals surface area (Å²) in [5, 5.41) is 3.03. The summed E-state index contributed by atoms with van der Waals surface area (Å²) in [5.74, 6) is 3.38. The van der Waals surface area contributed by atoms with Crippen LogP contribution in [-0.2, 0) is 4.79 Å². The van der Waals surface area contributed by atoms with Gasteiger partial charge in [0, 0.05) is 13.0 Å². The van der Waals surface area contributed by atoms with E-state index in [0.29, 0.717) is 11.8 Å². The highest BCUT2D eigenvalue weighted by Gasteiger charge is 2.39. The molecule has 2 rings (SSSR count). The first-order valence-corrected chi connectivity index (χ1v) is 6.42. The number of carbonyl (C=O) groups is 1. The molecule has 0 heterocycles. The minimum atomic E-state index is 0.279. The van der Waals surface area contributed by atoms with Crippen LogP contribution in [0.5, 0.6) is 0 Å². The van der Waals surface area contributed by atoms with Crippen LogP contribution < -0.4 is 5.32 Å². The third-order valence-electron chi connectivity index (χ3n) is 4.04. The minimum Gasteiger partial charge on any atom is -0.356 e. The van der Waals surface area contributed by atoms with Gasteiger partial charge in [-0.05, 0) is 42.9 Å². The lowest BCUT2D eigenvalue weighted by Gasteiger charge is -2.21. The molecule has 2 fully saturated rings. The van der Waals surface area contributed by atoms with Crippen LogP contribution in [0.25, 0.3) is 0 Å². The Bertz CT molecular complexity index is 237. The summed E-state index contributed by atoms with van der Waals surface area (Å²) in [5.41, 5.74) is 0. The quantitative estimate of drug-likeness (QED) is 0.757. The highest BCUT2D eigenvalue weighted by atomic mass is 16.1.